The molecule has 0 radical (unpaired) electrons. The van der Waals surface area contributed by atoms with E-state index < -0.39 is 0 Å². The topological polar surface area (TPSA) is 73.9 Å². The van der Waals surface area contributed by atoms with Crippen LogP contribution in [0.25, 0.3) is 0 Å². The zero-order valence-electron chi connectivity index (χ0n) is 9.63. The smallest absolute Gasteiger partial charge is 0.322 e. The van der Waals surface area contributed by atoms with Gasteiger partial charge in [0.05, 0.1) is 6.61 Å². The number of hydrogen-bond acceptors (Lipinski definition) is 6. The predicted octanol–water partition coefficient (Wildman–Crippen LogP) is 2.77. The van der Waals surface area contributed by atoms with Gasteiger partial charge in [-0.15, -0.1) is 0 Å². The van der Waals surface area contributed by atoms with Crippen LogP contribution in [0.2, 0.25) is 0 Å². The highest BCUT2D eigenvalue weighted by molar-refractivity contribution is 9.10. The van der Waals surface area contributed by atoms with Crippen LogP contribution in [0.3, 0.4) is 0 Å². The van der Waals surface area contributed by atoms with E-state index in [0.717, 1.165) is 9.37 Å². The van der Waals surface area contributed by atoms with E-state index in [9.17, 15) is 0 Å². The van der Waals surface area contributed by atoms with Crippen LogP contribution in [0, 0.1) is 0 Å². The van der Waals surface area contributed by atoms with Crippen molar-refractivity contribution in [3.05, 3.63) is 28.7 Å². The molecule has 0 aliphatic heterocycles. The number of anilines is 1. The fourth-order valence-corrected chi connectivity index (χ4v) is 2.58. The molecule has 7 heteroatoms. The van der Waals surface area contributed by atoms with Gasteiger partial charge in [0.25, 0.3) is 0 Å². The lowest BCUT2D eigenvalue weighted by Crippen LogP contribution is -2.04. The zero-order chi connectivity index (χ0) is 13.0. The van der Waals surface area contributed by atoms with Gasteiger partial charge in [-0.1, -0.05) is 22.0 Å². The van der Waals surface area contributed by atoms with Gasteiger partial charge >= 0.3 is 6.01 Å². The van der Waals surface area contributed by atoms with E-state index in [-0.39, 0.29) is 12.0 Å². The Morgan fingerprint density at radius 3 is 2.89 bits per heavy atom. The molecule has 0 amide bonds. The van der Waals surface area contributed by atoms with E-state index in [1.807, 2.05) is 31.2 Å². The highest BCUT2D eigenvalue weighted by atomic mass is 79.9. The predicted molar refractivity (Wildman–Crippen MR) is 73.7 cm³/mol. The number of nitrogen functional groups attached to an aromatic ring is 1. The van der Waals surface area contributed by atoms with Gasteiger partial charge in [0.2, 0.25) is 11.1 Å². The molecule has 0 unspecified atom stereocenters. The molecule has 94 valence electrons. The second-order valence-corrected chi connectivity index (χ2v) is 5.21. The molecule has 1 heterocycles. The molecule has 0 aliphatic rings. The Labute approximate surface area is 117 Å². The average molecular weight is 327 g/mol. The fourth-order valence-electron chi connectivity index (χ4n) is 1.23. The van der Waals surface area contributed by atoms with E-state index in [0.29, 0.717) is 11.8 Å². The molecule has 0 atom stereocenters. The number of hydrogen-bond donors (Lipinski definition) is 1. The summed E-state index contributed by atoms with van der Waals surface area (Å²) in [6, 6.07) is 8.10. The number of nitrogens with zero attached hydrogens (tertiary/aromatic N) is 3. The summed E-state index contributed by atoms with van der Waals surface area (Å²) in [5.74, 6) is 0.158. The lowest BCUT2D eigenvalue weighted by Gasteiger charge is -2.04. The molecule has 0 fully saturated rings. The molecule has 1 aromatic heterocycles. The summed E-state index contributed by atoms with van der Waals surface area (Å²) in [6.07, 6.45) is 0. The molecular weight excluding hydrogens is 316 g/mol. The third-order valence-electron chi connectivity index (χ3n) is 1.89. The van der Waals surface area contributed by atoms with Crippen molar-refractivity contribution in [2.24, 2.45) is 0 Å². The Balaban J connectivity index is 2.23. The van der Waals surface area contributed by atoms with Crippen LogP contribution in [0.5, 0.6) is 6.01 Å². The highest BCUT2D eigenvalue weighted by Gasteiger charge is 2.07. The van der Waals surface area contributed by atoms with Crippen LogP contribution in [-0.4, -0.2) is 21.6 Å². The largest absolute Gasteiger partial charge is 0.464 e. The number of rotatable bonds is 4. The molecule has 2 rings (SSSR count). The first-order chi connectivity index (χ1) is 8.67. The maximum Gasteiger partial charge on any atom is 0.322 e. The molecular formula is C11H11BrN4OS. The lowest BCUT2D eigenvalue weighted by atomic mass is 10.4. The molecule has 18 heavy (non-hydrogen) atoms. The van der Waals surface area contributed by atoms with Crippen LogP contribution in [0.15, 0.2) is 38.8 Å². The van der Waals surface area contributed by atoms with Crippen molar-refractivity contribution in [2.75, 3.05) is 12.3 Å². The first-order valence-corrected chi connectivity index (χ1v) is 6.86. The molecule has 0 bridgehead atoms. The third-order valence-corrected chi connectivity index (χ3v) is 3.24. The standard InChI is InChI=1S/C11H11BrN4OS/c1-2-17-10-14-9(13)15-11(16-10)18-8-5-3-4-7(12)6-8/h3-6H,2H2,1H3,(H2,13,14,15,16). The van der Waals surface area contributed by atoms with Crippen LogP contribution >= 0.6 is 27.7 Å². The minimum absolute atomic E-state index is 0.158. The molecule has 0 aliphatic carbocycles. The maximum atomic E-state index is 5.61. The van der Waals surface area contributed by atoms with Crippen molar-refractivity contribution >= 4 is 33.6 Å². The van der Waals surface area contributed by atoms with Gasteiger partial charge in [0.1, 0.15) is 0 Å². The van der Waals surface area contributed by atoms with E-state index in [4.69, 9.17) is 10.5 Å². The zero-order valence-corrected chi connectivity index (χ0v) is 12.0. The summed E-state index contributed by atoms with van der Waals surface area (Å²) in [4.78, 5) is 13.1. The lowest BCUT2D eigenvalue weighted by molar-refractivity contribution is 0.308. The Morgan fingerprint density at radius 1 is 1.33 bits per heavy atom. The Hall–Kier alpha value is -1.34. The normalized spacial score (nSPS) is 10.3. The second kappa shape index (κ2) is 6.01. The molecule has 5 nitrogen and oxygen atoms in total. The van der Waals surface area contributed by atoms with E-state index in [2.05, 4.69) is 30.9 Å². The molecule has 2 aromatic rings. The van der Waals surface area contributed by atoms with Gasteiger partial charge in [0, 0.05) is 9.37 Å². The molecule has 0 saturated heterocycles. The van der Waals surface area contributed by atoms with Gasteiger partial charge in [-0.3, -0.25) is 0 Å². The summed E-state index contributed by atoms with van der Waals surface area (Å²) in [7, 11) is 0. The summed E-state index contributed by atoms with van der Waals surface area (Å²) in [5.41, 5.74) is 5.61. The number of aromatic nitrogens is 3. The average Bonchev–Trinajstić information content (AvgIpc) is 2.28. The molecule has 2 N–H and O–H groups in total. The summed E-state index contributed by atoms with van der Waals surface area (Å²) < 4.78 is 6.22. The Morgan fingerprint density at radius 2 is 2.17 bits per heavy atom. The molecule has 0 saturated carbocycles. The van der Waals surface area contributed by atoms with Crippen LogP contribution in [0.1, 0.15) is 6.92 Å². The van der Waals surface area contributed by atoms with E-state index in [1.165, 1.54) is 11.8 Å². The monoisotopic (exact) mass is 326 g/mol. The highest BCUT2D eigenvalue weighted by Crippen LogP contribution is 2.27. The fraction of sp³-hybridized carbons (Fsp3) is 0.182. The SMILES string of the molecule is CCOc1nc(N)nc(Sc2cccc(Br)c2)n1. The van der Waals surface area contributed by atoms with Crippen molar-refractivity contribution in [3.8, 4) is 6.01 Å². The summed E-state index contributed by atoms with van der Waals surface area (Å²) >= 11 is 4.82. The quantitative estimate of drug-likeness (QED) is 0.931. The first-order valence-electron chi connectivity index (χ1n) is 5.25. The number of benzene rings is 1. The third kappa shape index (κ3) is 3.58. The van der Waals surface area contributed by atoms with Crippen molar-refractivity contribution < 1.29 is 4.74 Å². The minimum atomic E-state index is 0.158. The number of nitrogens with two attached hydrogens (primary N) is 1. The number of halogens is 1. The van der Waals surface area contributed by atoms with Gasteiger partial charge in [-0.2, -0.15) is 15.0 Å². The Bertz CT molecular complexity index is 552. The van der Waals surface area contributed by atoms with Crippen molar-refractivity contribution in [1.29, 1.82) is 0 Å². The second-order valence-electron chi connectivity index (χ2n) is 3.25. The van der Waals surface area contributed by atoms with Gasteiger partial charge < -0.3 is 10.5 Å². The Kier molecular flexibility index (Phi) is 4.38. The number of ether oxygens (including phenoxy) is 1. The van der Waals surface area contributed by atoms with Crippen LogP contribution in [-0.2, 0) is 0 Å². The van der Waals surface area contributed by atoms with E-state index >= 15 is 0 Å². The van der Waals surface area contributed by atoms with Crippen LogP contribution in [0.4, 0.5) is 5.95 Å². The van der Waals surface area contributed by atoms with Crippen LogP contribution < -0.4 is 10.5 Å². The maximum absolute atomic E-state index is 5.61. The van der Waals surface area contributed by atoms with E-state index in [1.54, 1.807) is 0 Å². The molecule has 0 spiro atoms. The van der Waals surface area contributed by atoms with Crippen molar-refractivity contribution in [1.82, 2.24) is 15.0 Å². The van der Waals surface area contributed by atoms with Crippen molar-refractivity contribution in [3.63, 3.8) is 0 Å². The minimum Gasteiger partial charge on any atom is -0.464 e. The van der Waals surface area contributed by atoms with Gasteiger partial charge in [0.15, 0.2) is 0 Å². The van der Waals surface area contributed by atoms with Crippen molar-refractivity contribution in [2.45, 2.75) is 17.0 Å². The summed E-state index contributed by atoms with van der Waals surface area (Å²) in [6.45, 7) is 2.35. The molecule has 1 aromatic carbocycles. The van der Waals surface area contributed by atoms with Gasteiger partial charge in [-0.25, -0.2) is 0 Å². The van der Waals surface area contributed by atoms with Gasteiger partial charge in [-0.05, 0) is 36.9 Å². The summed E-state index contributed by atoms with van der Waals surface area (Å²) in [5, 5.41) is 0.518. The first kappa shape index (κ1) is 13.1.